The molecule has 0 radical (unpaired) electrons. The first-order valence-electron chi connectivity index (χ1n) is 8.72. The number of carbonyl (C=O) groups is 1. The van der Waals surface area contributed by atoms with Crippen LogP contribution in [-0.4, -0.2) is 20.9 Å². The molecule has 1 aromatic heterocycles. The molecule has 1 atom stereocenters. The highest BCUT2D eigenvalue weighted by molar-refractivity contribution is 5.83. The van der Waals surface area contributed by atoms with Crippen LogP contribution in [0.15, 0.2) is 71.5 Å². The summed E-state index contributed by atoms with van der Waals surface area (Å²) in [7, 11) is 0. The van der Waals surface area contributed by atoms with Crippen LogP contribution in [0.25, 0.3) is 21.7 Å². The van der Waals surface area contributed by atoms with Gasteiger partial charge in [-0.25, -0.2) is 4.68 Å². The van der Waals surface area contributed by atoms with Crippen molar-refractivity contribution in [2.75, 3.05) is 0 Å². The molecular formula is C21H18N4O2. The highest BCUT2D eigenvalue weighted by Crippen LogP contribution is 2.20. The predicted octanol–water partition coefficient (Wildman–Crippen LogP) is 2.82. The largest absolute Gasteiger partial charge is 0.348 e. The third kappa shape index (κ3) is 3.42. The lowest BCUT2D eigenvalue weighted by molar-refractivity contribution is -0.122. The van der Waals surface area contributed by atoms with Gasteiger partial charge in [0.15, 0.2) is 0 Å². The van der Waals surface area contributed by atoms with Gasteiger partial charge < -0.3 is 5.32 Å². The Hall–Kier alpha value is -3.54. The van der Waals surface area contributed by atoms with Crippen LogP contribution in [0, 0.1) is 0 Å². The van der Waals surface area contributed by atoms with Crippen LogP contribution < -0.4 is 10.9 Å². The van der Waals surface area contributed by atoms with E-state index in [2.05, 4.69) is 21.7 Å². The van der Waals surface area contributed by atoms with Crippen molar-refractivity contribution < 1.29 is 4.79 Å². The van der Waals surface area contributed by atoms with Crippen molar-refractivity contribution in [2.24, 2.45) is 0 Å². The SMILES string of the molecule is CC(NC(=O)Cn1nnc2ccccc2c1=O)c1ccc2ccccc2c1. The van der Waals surface area contributed by atoms with E-state index in [4.69, 9.17) is 0 Å². The molecule has 1 amide bonds. The maximum atomic E-state index is 12.4. The van der Waals surface area contributed by atoms with E-state index < -0.39 is 0 Å². The van der Waals surface area contributed by atoms with Gasteiger partial charge in [0, 0.05) is 0 Å². The van der Waals surface area contributed by atoms with Crippen molar-refractivity contribution in [3.05, 3.63) is 82.6 Å². The second-order valence-corrected chi connectivity index (χ2v) is 6.47. The molecule has 0 saturated carbocycles. The van der Waals surface area contributed by atoms with Crippen LogP contribution in [-0.2, 0) is 11.3 Å². The molecule has 0 fully saturated rings. The topological polar surface area (TPSA) is 76.9 Å². The van der Waals surface area contributed by atoms with Crippen LogP contribution in [0.2, 0.25) is 0 Å². The molecular weight excluding hydrogens is 340 g/mol. The van der Waals surface area contributed by atoms with Crippen molar-refractivity contribution in [1.82, 2.24) is 20.3 Å². The zero-order chi connectivity index (χ0) is 18.8. The van der Waals surface area contributed by atoms with E-state index in [1.54, 1.807) is 24.3 Å². The molecule has 134 valence electrons. The predicted molar refractivity (Wildman–Crippen MR) is 104 cm³/mol. The van der Waals surface area contributed by atoms with Crippen molar-refractivity contribution in [1.29, 1.82) is 0 Å². The minimum Gasteiger partial charge on any atom is -0.348 e. The number of carbonyl (C=O) groups excluding carboxylic acids is 1. The number of aromatic nitrogens is 3. The quantitative estimate of drug-likeness (QED) is 0.609. The summed E-state index contributed by atoms with van der Waals surface area (Å²) in [5, 5.41) is 13.5. The first kappa shape index (κ1) is 16.9. The van der Waals surface area contributed by atoms with Gasteiger partial charge in [-0.05, 0) is 41.5 Å². The van der Waals surface area contributed by atoms with Crippen LogP contribution in [0.5, 0.6) is 0 Å². The van der Waals surface area contributed by atoms with E-state index in [0.717, 1.165) is 21.0 Å². The maximum Gasteiger partial charge on any atom is 0.278 e. The summed E-state index contributed by atoms with van der Waals surface area (Å²) in [6, 6.07) is 20.9. The van der Waals surface area contributed by atoms with Crippen LogP contribution in [0.4, 0.5) is 0 Å². The Labute approximate surface area is 155 Å². The third-order valence-electron chi connectivity index (χ3n) is 4.57. The molecule has 0 aliphatic carbocycles. The van der Waals surface area contributed by atoms with Crippen molar-refractivity contribution in [3.63, 3.8) is 0 Å². The van der Waals surface area contributed by atoms with Gasteiger partial charge in [0.05, 0.1) is 11.4 Å². The molecule has 3 aromatic carbocycles. The van der Waals surface area contributed by atoms with Gasteiger partial charge in [-0.3, -0.25) is 9.59 Å². The van der Waals surface area contributed by atoms with Gasteiger partial charge in [-0.15, -0.1) is 5.10 Å². The van der Waals surface area contributed by atoms with Crippen molar-refractivity contribution in [2.45, 2.75) is 19.5 Å². The molecule has 0 saturated heterocycles. The van der Waals surface area contributed by atoms with Crippen LogP contribution >= 0.6 is 0 Å². The Balaban J connectivity index is 1.51. The molecule has 1 unspecified atom stereocenters. The molecule has 1 N–H and O–H groups in total. The Bertz CT molecular complexity index is 1200. The molecule has 27 heavy (non-hydrogen) atoms. The fourth-order valence-electron chi connectivity index (χ4n) is 3.11. The normalized spacial score (nSPS) is 12.2. The lowest BCUT2D eigenvalue weighted by Gasteiger charge is -2.15. The van der Waals surface area contributed by atoms with Gasteiger partial charge >= 0.3 is 0 Å². The number of rotatable bonds is 4. The molecule has 0 aliphatic heterocycles. The number of nitrogens with one attached hydrogen (secondary N) is 1. The van der Waals surface area contributed by atoms with Crippen molar-refractivity contribution >= 4 is 27.6 Å². The summed E-state index contributed by atoms with van der Waals surface area (Å²) in [5.74, 6) is -0.290. The molecule has 6 nitrogen and oxygen atoms in total. The number of fused-ring (bicyclic) bond motifs is 2. The Morgan fingerprint density at radius 3 is 2.63 bits per heavy atom. The zero-order valence-electron chi connectivity index (χ0n) is 14.8. The van der Waals surface area contributed by atoms with Gasteiger partial charge in [-0.1, -0.05) is 53.7 Å². The van der Waals surface area contributed by atoms with Gasteiger partial charge in [-0.2, -0.15) is 0 Å². The second-order valence-electron chi connectivity index (χ2n) is 6.47. The minimum absolute atomic E-state index is 0.172. The number of nitrogens with zero attached hydrogens (tertiary/aromatic N) is 3. The maximum absolute atomic E-state index is 12.4. The molecule has 0 spiro atoms. The van der Waals surface area contributed by atoms with Gasteiger partial charge in [0.25, 0.3) is 5.56 Å². The standard InChI is InChI=1S/C21H18N4O2/c1-14(16-11-10-15-6-2-3-7-17(15)12-16)22-20(26)13-25-21(27)18-8-4-5-9-19(18)23-24-25/h2-12,14H,13H2,1H3,(H,22,26). The van der Waals surface area contributed by atoms with Gasteiger partial charge in [0.2, 0.25) is 5.91 Å². The third-order valence-corrected chi connectivity index (χ3v) is 4.57. The van der Waals surface area contributed by atoms with E-state index >= 15 is 0 Å². The number of hydrogen-bond acceptors (Lipinski definition) is 4. The first-order valence-corrected chi connectivity index (χ1v) is 8.72. The summed E-state index contributed by atoms with van der Waals surface area (Å²) in [5.41, 5.74) is 1.19. The average molecular weight is 358 g/mol. The fourth-order valence-corrected chi connectivity index (χ4v) is 3.11. The van der Waals surface area contributed by atoms with E-state index in [9.17, 15) is 9.59 Å². The zero-order valence-corrected chi connectivity index (χ0v) is 14.8. The second kappa shape index (κ2) is 6.99. The van der Waals surface area contributed by atoms with Crippen LogP contribution in [0.1, 0.15) is 18.5 Å². The Morgan fingerprint density at radius 1 is 1.04 bits per heavy atom. The van der Waals surface area contributed by atoms with E-state index in [0.29, 0.717) is 10.9 Å². The fraction of sp³-hybridized carbons (Fsp3) is 0.143. The summed E-state index contributed by atoms with van der Waals surface area (Å²) in [6.07, 6.45) is 0. The highest BCUT2D eigenvalue weighted by Gasteiger charge is 2.13. The molecule has 1 heterocycles. The smallest absolute Gasteiger partial charge is 0.278 e. The number of hydrogen-bond donors (Lipinski definition) is 1. The summed E-state index contributed by atoms with van der Waals surface area (Å²) >= 11 is 0. The highest BCUT2D eigenvalue weighted by atomic mass is 16.2. The molecule has 0 bridgehead atoms. The average Bonchev–Trinajstić information content (AvgIpc) is 2.70. The number of benzene rings is 3. The van der Waals surface area contributed by atoms with Crippen molar-refractivity contribution in [3.8, 4) is 0 Å². The van der Waals surface area contributed by atoms with E-state index in [1.165, 1.54) is 0 Å². The Kier molecular flexibility index (Phi) is 4.38. The summed E-state index contributed by atoms with van der Waals surface area (Å²) < 4.78 is 1.09. The first-order chi connectivity index (χ1) is 13.1. The lowest BCUT2D eigenvalue weighted by Crippen LogP contribution is -2.35. The van der Waals surface area contributed by atoms with Gasteiger partial charge in [0.1, 0.15) is 12.1 Å². The Morgan fingerprint density at radius 2 is 1.78 bits per heavy atom. The van der Waals surface area contributed by atoms with E-state index in [-0.39, 0.29) is 24.1 Å². The minimum atomic E-state index is -0.325. The summed E-state index contributed by atoms with van der Waals surface area (Å²) in [6.45, 7) is 1.74. The number of amides is 1. The molecule has 4 aromatic rings. The monoisotopic (exact) mass is 358 g/mol. The van der Waals surface area contributed by atoms with Crippen LogP contribution in [0.3, 0.4) is 0 Å². The molecule has 4 rings (SSSR count). The lowest BCUT2D eigenvalue weighted by atomic mass is 10.0. The molecule has 6 heteroatoms. The molecule has 0 aliphatic rings. The van der Waals surface area contributed by atoms with E-state index in [1.807, 2.05) is 43.3 Å². The summed E-state index contributed by atoms with van der Waals surface area (Å²) in [4.78, 5) is 24.9.